The molecule has 0 fully saturated rings. The van der Waals surface area contributed by atoms with E-state index in [-0.39, 0.29) is 0 Å². The Morgan fingerprint density at radius 2 is 2.50 bits per heavy atom. The van der Waals surface area contributed by atoms with Crippen LogP contribution < -0.4 is 0 Å². The minimum absolute atomic E-state index is 0.305. The van der Waals surface area contributed by atoms with Crippen LogP contribution in [0.2, 0.25) is 0 Å². The zero-order valence-corrected chi connectivity index (χ0v) is 5.83. The average Bonchev–Trinajstić information content (AvgIpc) is 1.64. The maximum atomic E-state index is 10.6. The molecule has 1 rings (SSSR count). The van der Waals surface area contributed by atoms with Crippen LogP contribution >= 0.6 is 10.5 Å². The van der Waals surface area contributed by atoms with Crippen LogP contribution in [0.5, 0.6) is 0 Å². The van der Waals surface area contributed by atoms with E-state index in [4.69, 9.17) is 0 Å². The van der Waals surface area contributed by atoms with Crippen molar-refractivity contribution in [3.05, 3.63) is 0 Å². The smallest absolute Gasteiger partial charge is 0.161 e. The zero-order chi connectivity index (χ0) is 5.98. The van der Waals surface area contributed by atoms with E-state index in [2.05, 4.69) is 6.26 Å². The quantitative estimate of drug-likeness (QED) is 0.448. The van der Waals surface area contributed by atoms with Crippen LogP contribution in [0, 0.1) is 0 Å². The molecule has 0 aromatic rings. The van der Waals surface area contributed by atoms with Crippen LogP contribution in [-0.2, 0) is 4.79 Å². The fourth-order valence-electron chi connectivity index (χ4n) is 0.816. The van der Waals surface area contributed by atoms with Crippen molar-refractivity contribution in [2.75, 3.05) is 12.0 Å². The molecule has 2 heteroatoms. The van der Waals surface area contributed by atoms with Gasteiger partial charge in [0.25, 0.3) is 0 Å². The summed E-state index contributed by atoms with van der Waals surface area (Å²) in [4.78, 5) is 10.6. The minimum atomic E-state index is 0.305. The molecule has 0 N–H and O–H groups in total. The van der Waals surface area contributed by atoms with Gasteiger partial charge in [0.05, 0.1) is 0 Å². The minimum Gasteiger partial charge on any atom is -0.294 e. The van der Waals surface area contributed by atoms with Crippen molar-refractivity contribution < 1.29 is 4.79 Å². The monoisotopic (exact) mass is 130 g/mol. The van der Waals surface area contributed by atoms with E-state index in [1.807, 2.05) is 5.37 Å². The average molecular weight is 130 g/mol. The first-order valence-electron chi connectivity index (χ1n) is 2.78. The molecule has 1 aliphatic heterocycles. The van der Waals surface area contributed by atoms with E-state index in [1.165, 1.54) is 5.75 Å². The number of rotatable bonds is 0. The third-order valence-corrected chi connectivity index (χ3v) is 2.82. The maximum Gasteiger partial charge on any atom is 0.161 e. The summed E-state index contributed by atoms with van der Waals surface area (Å²) >= 11 is 0. The Balaban J connectivity index is 2.64. The molecule has 1 heterocycles. The Labute approximate surface area is 52.0 Å². The molecule has 46 valence electrons. The largest absolute Gasteiger partial charge is 0.294 e. The summed E-state index contributed by atoms with van der Waals surface area (Å²) in [5.74, 6) is 1.58. The van der Waals surface area contributed by atoms with Crippen molar-refractivity contribution in [3.63, 3.8) is 0 Å². The fourth-order valence-corrected chi connectivity index (χ4v) is 2.10. The molecule has 0 amide bonds. The number of hydrogen-bond acceptors (Lipinski definition) is 1. The van der Waals surface area contributed by atoms with Gasteiger partial charge in [-0.1, -0.05) is 0 Å². The van der Waals surface area contributed by atoms with E-state index in [1.54, 1.807) is 0 Å². The lowest BCUT2D eigenvalue weighted by molar-refractivity contribution is -0.112. The van der Waals surface area contributed by atoms with Gasteiger partial charge in [0.2, 0.25) is 0 Å². The molecule has 0 aromatic heterocycles. The highest BCUT2D eigenvalue weighted by atomic mass is 32.2. The molecule has 1 unspecified atom stereocenters. The normalized spacial score (nSPS) is 29.6. The Bertz CT molecular complexity index is 137. The lowest BCUT2D eigenvalue weighted by Crippen LogP contribution is -2.06. The Morgan fingerprint density at radius 3 is 2.88 bits per heavy atom. The van der Waals surface area contributed by atoms with Crippen molar-refractivity contribution in [1.29, 1.82) is 0 Å². The molecule has 1 aliphatic rings. The molecule has 8 heavy (non-hydrogen) atoms. The van der Waals surface area contributed by atoms with Gasteiger partial charge < -0.3 is 0 Å². The van der Waals surface area contributed by atoms with Crippen LogP contribution in [0.3, 0.4) is 0 Å². The number of ketones is 1. The van der Waals surface area contributed by atoms with Gasteiger partial charge in [-0.2, -0.15) is 10.5 Å². The summed E-state index contributed by atoms with van der Waals surface area (Å²) in [5, 5.41) is 1.86. The molecule has 0 bridgehead atoms. The van der Waals surface area contributed by atoms with Crippen LogP contribution in [0.1, 0.15) is 12.8 Å². The van der Waals surface area contributed by atoms with Gasteiger partial charge in [0.1, 0.15) is 0 Å². The first kappa shape index (κ1) is 6.02. The maximum absolute atomic E-state index is 10.6. The van der Waals surface area contributed by atoms with Gasteiger partial charge in [-0.15, -0.1) is 0 Å². The highest BCUT2D eigenvalue weighted by Gasteiger charge is 2.03. The molecule has 0 saturated heterocycles. The second kappa shape index (κ2) is 2.44. The van der Waals surface area contributed by atoms with Gasteiger partial charge >= 0.3 is 0 Å². The highest BCUT2D eigenvalue weighted by molar-refractivity contribution is 8.15. The van der Waals surface area contributed by atoms with Crippen LogP contribution in [0.15, 0.2) is 0 Å². The fraction of sp³-hybridized carbons (Fsp3) is 0.667. The summed E-state index contributed by atoms with van der Waals surface area (Å²) in [6.45, 7) is 0. The summed E-state index contributed by atoms with van der Waals surface area (Å²) < 4.78 is 0. The lowest BCUT2D eigenvalue weighted by atomic mass is 10.2. The lowest BCUT2D eigenvalue weighted by Gasteiger charge is -2.06. The molecule has 0 spiro atoms. The van der Waals surface area contributed by atoms with Crippen LogP contribution in [-0.4, -0.2) is 23.2 Å². The predicted octanol–water partition coefficient (Wildman–Crippen LogP) is 1.05. The number of hydrogen-bond donors (Lipinski definition) is 0. The summed E-state index contributed by atoms with van der Waals surface area (Å²) in [6, 6.07) is 0. The van der Waals surface area contributed by atoms with E-state index in [0.717, 1.165) is 12.8 Å². The predicted molar refractivity (Wildman–Crippen MR) is 38.7 cm³/mol. The van der Waals surface area contributed by atoms with Gasteiger partial charge in [-0.05, 0) is 18.4 Å². The van der Waals surface area contributed by atoms with Gasteiger partial charge in [-0.25, -0.2) is 0 Å². The van der Waals surface area contributed by atoms with E-state index < -0.39 is 0 Å². The molecule has 0 saturated carbocycles. The van der Waals surface area contributed by atoms with Crippen LogP contribution in [0.25, 0.3) is 0 Å². The highest BCUT2D eigenvalue weighted by Crippen LogP contribution is 2.13. The van der Waals surface area contributed by atoms with Crippen molar-refractivity contribution in [2.24, 2.45) is 0 Å². The van der Waals surface area contributed by atoms with Gasteiger partial charge in [0.15, 0.2) is 5.78 Å². The number of Topliss-reactive ketones (excluding diaryl/α,β-unsaturated/α-hetero) is 1. The Morgan fingerprint density at radius 1 is 1.75 bits per heavy atom. The molecule has 1 atom stereocenters. The summed E-state index contributed by atoms with van der Waals surface area (Å²) in [7, 11) is 0.305. The van der Waals surface area contributed by atoms with Crippen molar-refractivity contribution in [2.45, 2.75) is 12.8 Å². The molecule has 1 nitrogen and oxygen atoms in total. The Kier molecular flexibility index (Phi) is 1.84. The first-order chi connectivity index (χ1) is 3.79. The molecular formula is C6H10OS. The summed E-state index contributed by atoms with van der Waals surface area (Å²) in [5.41, 5.74) is 0. The molecule has 0 aliphatic carbocycles. The van der Waals surface area contributed by atoms with E-state index in [0.29, 0.717) is 16.3 Å². The second-order valence-corrected chi connectivity index (χ2v) is 4.11. The third kappa shape index (κ3) is 1.44. The SMILES string of the molecule is CS1=CC(=O)CCC1. The third-order valence-electron chi connectivity index (χ3n) is 1.22. The topological polar surface area (TPSA) is 17.1 Å². The summed E-state index contributed by atoms with van der Waals surface area (Å²) in [6.07, 6.45) is 4.02. The van der Waals surface area contributed by atoms with Crippen molar-refractivity contribution in [3.8, 4) is 0 Å². The van der Waals surface area contributed by atoms with Gasteiger partial charge in [0, 0.05) is 11.8 Å². The van der Waals surface area contributed by atoms with Crippen LogP contribution in [0.4, 0.5) is 0 Å². The zero-order valence-electron chi connectivity index (χ0n) is 5.02. The van der Waals surface area contributed by atoms with E-state index >= 15 is 0 Å². The molecule has 0 radical (unpaired) electrons. The van der Waals surface area contributed by atoms with Crippen molar-refractivity contribution >= 4 is 21.6 Å². The van der Waals surface area contributed by atoms with E-state index in [9.17, 15) is 4.79 Å². The number of carbonyl (C=O) groups is 1. The second-order valence-electron chi connectivity index (χ2n) is 2.08. The molecule has 0 aromatic carbocycles. The number of carbonyl (C=O) groups excluding carboxylic acids is 1. The van der Waals surface area contributed by atoms with Crippen molar-refractivity contribution in [1.82, 2.24) is 0 Å². The first-order valence-corrected chi connectivity index (χ1v) is 4.64. The molecular weight excluding hydrogens is 120 g/mol. The van der Waals surface area contributed by atoms with Gasteiger partial charge in [-0.3, -0.25) is 4.79 Å². The Hall–Kier alpha value is -0.110. The standard InChI is InChI=1S/C6H10OS/c1-8-4-2-3-6(7)5-8/h5H,2-4H2,1H3.